The predicted octanol–water partition coefficient (Wildman–Crippen LogP) is 2.89. The molecule has 0 bridgehead atoms. The highest BCUT2D eigenvalue weighted by molar-refractivity contribution is 4.81. The number of hydrogen-bond acceptors (Lipinski definition) is 2. The third-order valence-corrected chi connectivity index (χ3v) is 3.92. The Bertz CT molecular complexity index is 164. The first-order valence-electron chi connectivity index (χ1n) is 7.19. The number of rotatable bonds is 7. The van der Waals surface area contributed by atoms with Crippen LogP contribution in [0.2, 0.25) is 0 Å². The van der Waals surface area contributed by atoms with Crippen LogP contribution >= 0.6 is 0 Å². The van der Waals surface area contributed by atoms with Crippen molar-refractivity contribution in [2.24, 2.45) is 5.92 Å². The third kappa shape index (κ3) is 4.84. The maximum absolute atomic E-state index is 3.76. The molecule has 1 saturated carbocycles. The van der Waals surface area contributed by atoms with Crippen LogP contribution in [0.3, 0.4) is 0 Å². The normalized spacial score (nSPS) is 20.2. The second-order valence-corrected chi connectivity index (χ2v) is 5.31. The van der Waals surface area contributed by atoms with Crippen LogP contribution in [-0.4, -0.2) is 37.6 Å². The van der Waals surface area contributed by atoms with Gasteiger partial charge in [0.1, 0.15) is 0 Å². The van der Waals surface area contributed by atoms with Gasteiger partial charge in [0.15, 0.2) is 0 Å². The summed E-state index contributed by atoms with van der Waals surface area (Å²) in [6, 6.07) is 0.727. The van der Waals surface area contributed by atoms with Crippen molar-refractivity contribution < 1.29 is 0 Å². The standard InChI is InChI=1S/C14H30N2/c1-4-11-15-14(12-16(3)5-2)13-9-7-6-8-10-13/h13-15H,4-12H2,1-3H3. The Morgan fingerprint density at radius 2 is 1.88 bits per heavy atom. The number of likely N-dealkylation sites (N-methyl/N-ethyl adjacent to an activating group) is 1. The average Bonchev–Trinajstić information content (AvgIpc) is 2.35. The molecule has 0 aromatic rings. The van der Waals surface area contributed by atoms with Gasteiger partial charge in [-0.25, -0.2) is 0 Å². The zero-order chi connectivity index (χ0) is 11.8. The molecular formula is C14H30N2. The Hall–Kier alpha value is -0.0800. The summed E-state index contributed by atoms with van der Waals surface area (Å²) in [6.45, 7) is 8.07. The van der Waals surface area contributed by atoms with Crippen LogP contribution in [0.4, 0.5) is 0 Å². The quantitative estimate of drug-likeness (QED) is 0.718. The predicted molar refractivity (Wildman–Crippen MR) is 71.8 cm³/mol. The van der Waals surface area contributed by atoms with Crippen molar-refractivity contribution in [2.75, 3.05) is 26.7 Å². The van der Waals surface area contributed by atoms with Crippen LogP contribution < -0.4 is 5.32 Å². The molecule has 1 aliphatic rings. The van der Waals surface area contributed by atoms with Crippen LogP contribution in [-0.2, 0) is 0 Å². The van der Waals surface area contributed by atoms with Crippen molar-refractivity contribution in [3.05, 3.63) is 0 Å². The molecule has 1 unspecified atom stereocenters. The smallest absolute Gasteiger partial charge is 0.0223 e. The summed E-state index contributed by atoms with van der Waals surface area (Å²) in [6.07, 6.45) is 8.49. The molecule has 0 saturated heterocycles. The molecule has 0 spiro atoms. The lowest BCUT2D eigenvalue weighted by atomic mass is 9.83. The zero-order valence-corrected chi connectivity index (χ0v) is 11.5. The molecule has 2 heteroatoms. The molecule has 1 aliphatic carbocycles. The summed E-state index contributed by atoms with van der Waals surface area (Å²) in [7, 11) is 2.24. The first-order chi connectivity index (χ1) is 7.77. The Labute approximate surface area is 102 Å². The highest BCUT2D eigenvalue weighted by atomic mass is 15.1. The zero-order valence-electron chi connectivity index (χ0n) is 11.5. The van der Waals surface area contributed by atoms with E-state index in [0.717, 1.165) is 18.5 Å². The largest absolute Gasteiger partial charge is 0.312 e. The number of nitrogens with one attached hydrogen (secondary N) is 1. The molecule has 1 atom stereocenters. The minimum Gasteiger partial charge on any atom is -0.312 e. The maximum atomic E-state index is 3.76. The van der Waals surface area contributed by atoms with E-state index in [4.69, 9.17) is 0 Å². The van der Waals surface area contributed by atoms with E-state index in [1.807, 2.05) is 0 Å². The van der Waals surface area contributed by atoms with Gasteiger partial charge in [0.05, 0.1) is 0 Å². The van der Waals surface area contributed by atoms with Gasteiger partial charge in [0, 0.05) is 12.6 Å². The second kappa shape index (κ2) is 8.08. The first kappa shape index (κ1) is 14.0. The summed E-state index contributed by atoms with van der Waals surface area (Å²) in [5.41, 5.74) is 0. The second-order valence-electron chi connectivity index (χ2n) is 5.31. The highest BCUT2D eigenvalue weighted by Gasteiger charge is 2.23. The molecule has 1 fully saturated rings. The van der Waals surface area contributed by atoms with Gasteiger partial charge in [0.2, 0.25) is 0 Å². The Morgan fingerprint density at radius 1 is 1.19 bits per heavy atom. The van der Waals surface area contributed by atoms with E-state index < -0.39 is 0 Å². The molecular weight excluding hydrogens is 196 g/mol. The minimum absolute atomic E-state index is 0.727. The van der Waals surface area contributed by atoms with Gasteiger partial charge in [-0.05, 0) is 45.3 Å². The molecule has 1 N–H and O–H groups in total. The monoisotopic (exact) mass is 226 g/mol. The topological polar surface area (TPSA) is 15.3 Å². The van der Waals surface area contributed by atoms with Crippen LogP contribution in [0.1, 0.15) is 52.4 Å². The summed E-state index contributed by atoms with van der Waals surface area (Å²) < 4.78 is 0. The third-order valence-electron chi connectivity index (χ3n) is 3.92. The van der Waals surface area contributed by atoms with Gasteiger partial charge in [-0.15, -0.1) is 0 Å². The number of nitrogens with zero attached hydrogens (tertiary/aromatic N) is 1. The fourth-order valence-corrected chi connectivity index (χ4v) is 2.71. The van der Waals surface area contributed by atoms with E-state index in [2.05, 4.69) is 31.1 Å². The minimum atomic E-state index is 0.727. The van der Waals surface area contributed by atoms with E-state index in [1.54, 1.807) is 0 Å². The average molecular weight is 226 g/mol. The van der Waals surface area contributed by atoms with E-state index in [0.29, 0.717) is 0 Å². The van der Waals surface area contributed by atoms with E-state index >= 15 is 0 Å². The van der Waals surface area contributed by atoms with Crippen LogP contribution in [0.25, 0.3) is 0 Å². The maximum Gasteiger partial charge on any atom is 0.0223 e. The lowest BCUT2D eigenvalue weighted by molar-refractivity contribution is 0.209. The van der Waals surface area contributed by atoms with Gasteiger partial charge in [-0.2, -0.15) is 0 Å². The number of hydrogen-bond donors (Lipinski definition) is 1. The molecule has 1 rings (SSSR count). The van der Waals surface area contributed by atoms with Crippen molar-refractivity contribution in [1.82, 2.24) is 10.2 Å². The van der Waals surface area contributed by atoms with Gasteiger partial charge < -0.3 is 10.2 Å². The van der Waals surface area contributed by atoms with E-state index in [1.165, 1.54) is 51.6 Å². The SMILES string of the molecule is CCCNC(CN(C)CC)C1CCCCC1. The summed E-state index contributed by atoms with van der Waals surface area (Å²) in [5, 5.41) is 3.76. The fourth-order valence-electron chi connectivity index (χ4n) is 2.71. The van der Waals surface area contributed by atoms with Crippen LogP contribution in [0.15, 0.2) is 0 Å². The van der Waals surface area contributed by atoms with E-state index in [-0.39, 0.29) is 0 Å². The fraction of sp³-hybridized carbons (Fsp3) is 1.00. The Kier molecular flexibility index (Phi) is 7.06. The van der Waals surface area contributed by atoms with Gasteiger partial charge in [-0.1, -0.05) is 33.1 Å². The Morgan fingerprint density at radius 3 is 2.44 bits per heavy atom. The van der Waals surface area contributed by atoms with Crippen molar-refractivity contribution in [2.45, 2.75) is 58.4 Å². The molecule has 0 heterocycles. The van der Waals surface area contributed by atoms with Gasteiger partial charge in [0.25, 0.3) is 0 Å². The van der Waals surface area contributed by atoms with Crippen molar-refractivity contribution in [1.29, 1.82) is 0 Å². The van der Waals surface area contributed by atoms with Crippen molar-refractivity contribution >= 4 is 0 Å². The van der Waals surface area contributed by atoms with E-state index in [9.17, 15) is 0 Å². The van der Waals surface area contributed by atoms with Gasteiger partial charge in [-0.3, -0.25) is 0 Å². The Balaban J connectivity index is 2.40. The highest BCUT2D eigenvalue weighted by Crippen LogP contribution is 2.26. The van der Waals surface area contributed by atoms with Crippen molar-refractivity contribution in [3.63, 3.8) is 0 Å². The van der Waals surface area contributed by atoms with Crippen molar-refractivity contribution in [3.8, 4) is 0 Å². The summed E-state index contributed by atoms with van der Waals surface area (Å²) >= 11 is 0. The molecule has 2 nitrogen and oxygen atoms in total. The molecule has 0 amide bonds. The summed E-state index contributed by atoms with van der Waals surface area (Å²) in [4.78, 5) is 2.45. The molecule has 0 radical (unpaired) electrons. The van der Waals surface area contributed by atoms with Crippen LogP contribution in [0.5, 0.6) is 0 Å². The summed E-state index contributed by atoms with van der Waals surface area (Å²) in [5.74, 6) is 0.925. The molecule has 0 aliphatic heterocycles. The van der Waals surface area contributed by atoms with Gasteiger partial charge >= 0.3 is 0 Å². The first-order valence-corrected chi connectivity index (χ1v) is 7.19. The lowest BCUT2D eigenvalue weighted by Gasteiger charge is -2.33. The lowest BCUT2D eigenvalue weighted by Crippen LogP contribution is -2.45. The molecule has 0 aromatic carbocycles. The molecule has 96 valence electrons. The molecule has 0 aromatic heterocycles. The van der Waals surface area contributed by atoms with Crippen LogP contribution in [0, 0.1) is 5.92 Å². The molecule has 16 heavy (non-hydrogen) atoms.